The quantitative estimate of drug-likeness (QED) is 0.733. The Morgan fingerprint density at radius 1 is 1.39 bits per heavy atom. The Hall–Kier alpha value is -2.21. The van der Waals surface area contributed by atoms with E-state index in [0.717, 1.165) is 0 Å². The van der Waals surface area contributed by atoms with Crippen molar-refractivity contribution < 1.29 is 14.9 Å². The van der Waals surface area contributed by atoms with Crippen LogP contribution in [0.4, 0.5) is 0 Å². The minimum absolute atomic E-state index is 0.101. The van der Waals surface area contributed by atoms with Gasteiger partial charge in [-0.05, 0) is 12.1 Å². The van der Waals surface area contributed by atoms with Gasteiger partial charge in [0, 0.05) is 13.0 Å². The second kappa shape index (κ2) is 4.97. The number of aromatic amines is 1. The summed E-state index contributed by atoms with van der Waals surface area (Å²) in [5, 5.41) is 21.3. The smallest absolute Gasteiger partial charge is 0.271 e. The molecule has 3 N–H and O–H groups in total. The van der Waals surface area contributed by atoms with Crippen molar-refractivity contribution in [1.29, 1.82) is 0 Å². The molecule has 0 unspecified atom stereocenters. The van der Waals surface area contributed by atoms with Crippen molar-refractivity contribution in [3.8, 4) is 17.3 Å². The van der Waals surface area contributed by atoms with Gasteiger partial charge in [0.2, 0.25) is 5.88 Å². The van der Waals surface area contributed by atoms with Crippen LogP contribution in [0.3, 0.4) is 0 Å². The van der Waals surface area contributed by atoms with Crippen LogP contribution in [0, 0.1) is 0 Å². The number of H-pyrrole nitrogens is 1. The van der Waals surface area contributed by atoms with Gasteiger partial charge in [0.15, 0.2) is 0 Å². The molecule has 0 aliphatic carbocycles. The van der Waals surface area contributed by atoms with Gasteiger partial charge in [0.05, 0.1) is 12.7 Å². The number of methoxy groups -OCH3 is 1. The number of para-hydroxylation sites is 2. The summed E-state index contributed by atoms with van der Waals surface area (Å²) in [6.07, 6.45) is 0.101. The third kappa shape index (κ3) is 1.98. The number of nitrogens with one attached hydrogen (secondary N) is 1. The second-order valence-corrected chi connectivity index (χ2v) is 3.72. The molecule has 1 heterocycles. The molecule has 1 aromatic carbocycles. The Balaban J connectivity index is 2.58. The van der Waals surface area contributed by atoms with Crippen LogP contribution in [0.15, 0.2) is 29.1 Å². The first kappa shape index (κ1) is 12.3. The molecule has 0 spiro atoms. The van der Waals surface area contributed by atoms with E-state index < -0.39 is 5.56 Å². The molecule has 2 aromatic rings. The Bertz CT molecular complexity index is 600. The lowest BCUT2D eigenvalue weighted by Crippen LogP contribution is -2.08. The molecule has 0 saturated heterocycles. The average molecular weight is 250 g/mol. The van der Waals surface area contributed by atoms with Crippen molar-refractivity contribution in [3.63, 3.8) is 0 Å². The van der Waals surface area contributed by atoms with Gasteiger partial charge < -0.3 is 14.9 Å². The number of hydrogen-bond donors (Lipinski definition) is 3. The van der Waals surface area contributed by atoms with Crippen LogP contribution in [0.5, 0.6) is 11.6 Å². The largest absolute Gasteiger partial charge is 0.494 e. The van der Waals surface area contributed by atoms with E-state index in [1.165, 1.54) is 11.8 Å². The molecule has 0 atom stereocenters. The summed E-state index contributed by atoms with van der Waals surface area (Å²) >= 11 is 0. The molecular weight excluding hydrogens is 236 g/mol. The molecule has 6 heteroatoms. The second-order valence-electron chi connectivity index (χ2n) is 3.72. The van der Waals surface area contributed by atoms with E-state index in [9.17, 15) is 9.90 Å². The van der Waals surface area contributed by atoms with Crippen LogP contribution in [0.2, 0.25) is 0 Å². The van der Waals surface area contributed by atoms with Gasteiger partial charge in [-0.15, -0.1) is 0 Å². The zero-order valence-electron chi connectivity index (χ0n) is 9.88. The van der Waals surface area contributed by atoms with E-state index in [0.29, 0.717) is 11.4 Å². The Kier molecular flexibility index (Phi) is 3.38. The lowest BCUT2D eigenvalue weighted by molar-refractivity contribution is 0.296. The average Bonchev–Trinajstić information content (AvgIpc) is 2.67. The van der Waals surface area contributed by atoms with E-state index in [2.05, 4.69) is 5.10 Å². The van der Waals surface area contributed by atoms with Crippen LogP contribution in [-0.4, -0.2) is 33.7 Å². The number of aromatic hydroxyl groups is 1. The number of benzene rings is 1. The van der Waals surface area contributed by atoms with Gasteiger partial charge in [-0.3, -0.25) is 9.89 Å². The molecule has 18 heavy (non-hydrogen) atoms. The summed E-state index contributed by atoms with van der Waals surface area (Å²) in [5.74, 6) is 0.313. The maximum atomic E-state index is 11.6. The summed E-state index contributed by atoms with van der Waals surface area (Å²) in [4.78, 5) is 11.6. The Morgan fingerprint density at radius 2 is 2.11 bits per heavy atom. The topological polar surface area (TPSA) is 87.5 Å². The fraction of sp³-hybridized carbons (Fsp3) is 0.250. The SMILES string of the molecule is COc1ccccc1-n1[nH]c(=O)c(CCO)c1O. The monoisotopic (exact) mass is 250 g/mol. The molecule has 0 saturated carbocycles. The minimum atomic E-state index is -0.424. The van der Waals surface area contributed by atoms with Crippen LogP contribution in [0.25, 0.3) is 5.69 Å². The highest BCUT2D eigenvalue weighted by Gasteiger charge is 2.16. The van der Waals surface area contributed by atoms with E-state index in [1.807, 2.05) is 0 Å². The number of nitrogens with zero attached hydrogens (tertiary/aromatic N) is 1. The fourth-order valence-corrected chi connectivity index (χ4v) is 1.78. The molecule has 2 rings (SSSR count). The van der Waals surface area contributed by atoms with Crippen molar-refractivity contribution in [2.45, 2.75) is 6.42 Å². The van der Waals surface area contributed by atoms with E-state index in [1.54, 1.807) is 24.3 Å². The molecule has 0 bridgehead atoms. The van der Waals surface area contributed by atoms with Gasteiger partial charge >= 0.3 is 0 Å². The van der Waals surface area contributed by atoms with Gasteiger partial charge in [-0.25, -0.2) is 4.68 Å². The molecule has 0 radical (unpaired) electrons. The van der Waals surface area contributed by atoms with Crippen molar-refractivity contribution in [2.75, 3.05) is 13.7 Å². The molecule has 1 aromatic heterocycles. The highest BCUT2D eigenvalue weighted by Crippen LogP contribution is 2.26. The highest BCUT2D eigenvalue weighted by atomic mass is 16.5. The number of hydrogen-bond acceptors (Lipinski definition) is 4. The van der Waals surface area contributed by atoms with Gasteiger partial charge in [0.25, 0.3) is 5.56 Å². The molecule has 0 aliphatic heterocycles. The Morgan fingerprint density at radius 3 is 2.78 bits per heavy atom. The third-order valence-electron chi connectivity index (χ3n) is 2.66. The lowest BCUT2D eigenvalue weighted by atomic mass is 10.2. The first-order valence-corrected chi connectivity index (χ1v) is 5.46. The lowest BCUT2D eigenvalue weighted by Gasteiger charge is -2.09. The summed E-state index contributed by atoms with van der Waals surface area (Å²) in [5.41, 5.74) is 0.259. The molecule has 96 valence electrons. The van der Waals surface area contributed by atoms with Gasteiger partial charge in [-0.2, -0.15) is 0 Å². The summed E-state index contributed by atoms with van der Waals surface area (Å²) in [6, 6.07) is 6.98. The van der Waals surface area contributed by atoms with Crippen LogP contribution in [0.1, 0.15) is 5.56 Å². The fourth-order valence-electron chi connectivity index (χ4n) is 1.78. The first-order valence-electron chi connectivity index (χ1n) is 5.46. The normalized spacial score (nSPS) is 10.6. The molecule has 0 amide bonds. The zero-order chi connectivity index (χ0) is 13.1. The molecule has 0 aliphatic rings. The number of aliphatic hydroxyl groups excluding tert-OH is 1. The van der Waals surface area contributed by atoms with Crippen molar-refractivity contribution in [2.24, 2.45) is 0 Å². The standard InChI is InChI=1S/C12H14N2O4/c1-18-10-5-3-2-4-9(10)14-12(17)8(6-7-15)11(16)13-14/h2-5,15,17H,6-7H2,1H3,(H,13,16). The van der Waals surface area contributed by atoms with Crippen LogP contribution < -0.4 is 10.3 Å². The number of aliphatic hydroxyl groups is 1. The van der Waals surface area contributed by atoms with Crippen LogP contribution in [-0.2, 0) is 6.42 Å². The number of rotatable bonds is 4. The number of ether oxygens (including phenoxy) is 1. The summed E-state index contributed by atoms with van der Waals surface area (Å²) in [7, 11) is 1.51. The third-order valence-corrected chi connectivity index (χ3v) is 2.66. The first-order chi connectivity index (χ1) is 8.69. The molecular formula is C12H14N2O4. The van der Waals surface area contributed by atoms with E-state index in [4.69, 9.17) is 9.84 Å². The van der Waals surface area contributed by atoms with Crippen molar-refractivity contribution >= 4 is 0 Å². The highest BCUT2D eigenvalue weighted by molar-refractivity contribution is 5.48. The zero-order valence-corrected chi connectivity index (χ0v) is 9.88. The maximum Gasteiger partial charge on any atom is 0.271 e. The van der Waals surface area contributed by atoms with Crippen molar-refractivity contribution in [3.05, 3.63) is 40.2 Å². The summed E-state index contributed by atoms with van der Waals surface area (Å²) in [6.45, 7) is -0.202. The van der Waals surface area contributed by atoms with Gasteiger partial charge in [0.1, 0.15) is 11.4 Å². The summed E-state index contributed by atoms with van der Waals surface area (Å²) < 4.78 is 6.40. The van der Waals surface area contributed by atoms with Gasteiger partial charge in [-0.1, -0.05) is 12.1 Å². The predicted octanol–water partition coefficient (Wildman–Crippen LogP) is 0.415. The van der Waals surface area contributed by atoms with E-state index >= 15 is 0 Å². The predicted molar refractivity (Wildman–Crippen MR) is 65.4 cm³/mol. The minimum Gasteiger partial charge on any atom is -0.494 e. The maximum absolute atomic E-state index is 11.6. The Labute approximate surface area is 103 Å². The molecule has 0 fully saturated rings. The van der Waals surface area contributed by atoms with E-state index in [-0.39, 0.29) is 24.5 Å². The number of aromatic nitrogens is 2. The van der Waals surface area contributed by atoms with Crippen LogP contribution >= 0.6 is 0 Å². The molecule has 6 nitrogen and oxygen atoms in total. The van der Waals surface area contributed by atoms with Crippen molar-refractivity contribution in [1.82, 2.24) is 9.78 Å².